The summed E-state index contributed by atoms with van der Waals surface area (Å²) < 4.78 is 5.21. The number of β-lactam (4-membered cyclic amide) rings is 1. The molecule has 168 valence electrons. The summed E-state index contributed by atoms with van der Waals surface area (Å²) in [6.45, 7) is -0.132. The van der Waals surface area contributed by atoms with Gasteiger partial charge < -0.3 is 25.5 Å². The van der Waals surface area contributed by atoms with Crippen LogP contribution in [0.5, 0.6) is 0 Å². The van der Waals surface area contributed by atoms with E-state index >= 15 is 0 Å². The molecule has 11 nitrogen and oxygen atoms in total. The van der Waals surface area contributed by atoms with Crippen molar-refractivity contribution >= 4 is 57.5 Å². The fraction of sp³-hybridized carbons (Fsp3) is 0.263. The Balaban J connectivity index is 1.61. The van der Waals surface area contributed by atoms with Gasteiger partial charge in [0, 0.05) is 5.38 Å². The molecule has 13 heteroatoms. The zero-order chi connectivity index (χ0) is 23.1. The number of oxime groups is 1. The number of alkyl halides is 1. The van der Waals surface area contributed by atoms with E-state index < -0.39 is 35.8 Å². The van der Waals surface area contributed by atoms with E-state index in [0.29, 0.717) is 5.56 Å². The first-order valence-corrected chi connectivity index (χ1v) is 10.6. The van der Waals surface area contributed by atoms with Gasteiger partial charge in [-0.2, -0.15) is 0 Å². The van der Waals surface area contributed by atoms with Crippen LogP contribution >= 0.6 is 22.9 Å². The number of thiazole rings is 1. The molecule has 0 bridgehead atoms. The highest BCUT2D eigenvalue weighted by Crippen LogP contribution is 2.17. The zero-order valence-electron chi connectivity index (χ0n) is 16.7. The van der Waals surface area contributed by atoms with Gasteiger partial charge >= 0.3 is 5.97 Å². The SMILES string of the molecule is CON=C(C(=O)N[C@@H]1C(=O)N[C@@H]1COC(=O)c1ccccc1)c1csc(NC(=O)CCl)n1. The predicted molar refractivity (Wildman–Crippen MR) is 116 cm³/mol. The van der Waals surface area contributed by atoms with Crippen LogP contribution in [0.3, 0.4) is 0 Å². The van der Waals surface area contributed by atoms with E-state index in [1.165, 1.54) is 12.5 Å². The van der Waals surface area contributed by atoms with Crippen molar-refractivity contribution in [1.82, 2.24) is 15.6 Å². The maximum absolute atomic E-state index is 12.7. The van der Waals surface area contributed by atoms with Crippen LogP contribution < -0.4 is 16.0 Å². The van der Waals surface area contributed by atoms with Gasteiger partial charge in [0.05, 0.1) is 11.6 Å². The number of carbonyl (C=O) groups excluding carboxylic acids is 4. The minimum atomic E-state index is -0.942. The molecule has 0 saturated carbocycles. The third-order valence-electron chi connectivity index (χ3n) is 4.21. The van der Waals surface area contributed by atoms with Gasteiger partial charge in [0.1, 0.15) is 31.3 Å². The van der Waals surface area contributed by atoms with Crippen LogP contribution in [0, 0.1) is 0 Å². The molecule has 2 aromatic rings. The van der Waals surface area contributed by atoms with Crippen molar-refractivity contribution in [2.75, 3.05) is 24.9 Å². The number of carbonyl (C=O) groups is 4. The summed E-state index contributed by atoms with van der Waals surface area (Å²) in [7, 11) is 1.25. The third-order valence-corrected chi connectivity index (χ3v) is 5.22. The lowest BCUT2D eigenvalue weighted by Gasteiger charge is -2.36. The van der Waals surface area contributed by atoms with Gasteiger partial charge in [-0.15, -0.1) is 22.9 Å². The number of benzene rings is 1. The van der Waals surface area contributed by atoms with Gasteiger partial charge in [-0.05, 0) is 12.1 Å². The molecule has 2 atom stereocenters. The number of nitrogens with zero attached hydrogens (tertiary/aromatic N) is 2. The molecule has 3 N–H and O–H groups in total. The number of halogens is 1. The second-order valence-corrected chi connectivity index (χ2v) is 7.50. The molecule has 1 aromatic heterocycles. The van der Waals surface area contributed by atoms with E-state index in [-0.39, 0.29) is 29.0 Å². The minimum absolute atomic E-state index is 0.131. The molecule has 1 aliphatic heterocycles. The standard InChI is InChI=1S/C19H18ClN5O6S/c1-30-25-15(12-9-32-19(22-12)23-13(26)7-20)17(28)24-14-11(21-16(14)27)8-31-18(29)10-5-3-2-4-6-10/h2-6,9,11,14H,7-8H2,1H3,(H,21,27)(H,24,28)(H,22,23,26)/t11-,14+/m1/s1. The summed E-state index contributed by atoms with van der Waals surface area (Å²) in [6, 6.07) is 6.82. The largest absolute Gasteiger partial charge is 0.460 e. The summed E-state index contributed by atoms with van der Waals surface area (Å²) in [5.41, 5.74) is 0.301. The molecule has 2 heterocycles. The molecule has 1 aromatic carbocycles. The Kier molecular flexibility index (Phi) is 7.73. The molecule has 0 unspecified atom stereocenters. The van der Waals surface area contributed by atoms with Crippen LogP contribution in [0.25, 0.3) is 0 Å². The van der Waals surface area contributed by atoms with E-state index in [1.54, 1.807) is 30.3 Å². The topological polar surface area (TPSA) is 148 Å². The fourth-order valence-electron chi connectivity index (χ4n) is 2.67. The summed E-state index contributed by atoms with van der Waals surface area (Å²) >= 11 is 6.51. The average Bonchev–Trinajstić information content (AvgIpc) is 3.26. The van der Waals surface area contributed by atoms with Crippen molar-refractivity contribution in [2.45, 2.75) is 12.1 Å². The number of aromatic nitrogens is 1. The third kappa shape index (κ3) is 5.59. The Bertz CT molecular complexity index is 1040. The second-order valence-electron chi connectivity index (χ2n) is 6.37. The van der Waals surface area contributed by atoms with Crippen molar-refractivity contribution in [1.29, 1.82) is 0 Å². The zero-order valence-corrected chi connectivity index (χ0v) is 18.2. The van der Waals surface area contributed by atoms with E-state index in [4.69, 9.17) is 21.2 Å². The van der Waals surface area contributed by atoms with Crippen molar-refractivity contribution in [2.24, 2.45) is 5.16 Å². The number of anilines is 1. The fourth-order valence-corrected chi connectivity index (χ4v) is 3.45. The number of hydrogen-bond donors (Lipinski definition) is 3. The van der Waals surface area contributed by atoms with Crippen LogP contribution in [-0.2, 0) is 24.0 Å². The molecule has 0 radical (unpaired) electrons. The van der Waals surface area contributed by atoms with Crippen LogP contribution in [0.2, 0.25) is 0 Å². The maximum Gasteiger partial charge on any atom is 0.338 e. The van der Waals surface area contributed by atoms with Gasteiger partial charge in [-0.3, -0.25) is 14.4 Å². The number of ether oxygens (including phenoxy) is 1. The minimum Gasteiger partial charge on any atom is -0.460 e. The highest BCUT2D eigenvalue weighted by Gasteiger charge is 2.42. The Hall–Kier alpha value is -3.51. The Morgan fingerprint density at radius 2 is 2.03 bits per heavy atom. The van der Waals surface area contributed by atoms with Crippen LogP contribution in [0.1, 0.15) is 16.1 Å². The molecule has 0 aliphatic carbocycles. The molecular formula is C19H18ClN5O6S. The Labute approximate surface area is 191 Å². The lowest BCUT2D eigenvalue weighted by Crippen LogP contribution is -2.71. The number of esters is 1. The van der Waals surface area contributed by atoms with Gasteiger partial charge in [0.25, 0.3) is 5.91 Å². The second kappa shape index (κ2) is 10.7. The number of nitrogens with one attached hydrogen (secondary N) is 3. The Morgan fingerprint density at radius 1 is 1.28 bits per heavy atom. The first-order chi connectivity index (χ1) is 15.4. The number of amides is 3. The number of hydrogen-bond acceptors (Lipinski definition) is 9. The van der Waals surface area contributed by atoms with E-state index in [9.17, 15) is 19.2 Å². The van der Waals surface area contributed by atoms with Crippen LogP contribution in [0.15, 0.2) is 40.9 Å². The Morgan fingerprint density at radius 3 is 2.69 bits per heavy atom. The monoisotopic (exact) mass is 479 g/mol. The molecule has 3 amide bonds. The summed E-state index contributed by atoms with van der Waals surface area (Å²) in [5.74, 6) is -2.42. The lowest BCUT2D eigenvalue weighted by atomic mass is 9.99. The number of rotatable bonds is 9. The van der Waals surface area contributed by atoms with Gasteiger partial charge in [0.2, 0.25) is 11.8 Å². The van der Waals surface area contributed by atoms with Crippen LogP contribution in [-0.4, -0.2) is 66.1 Å². The molecule has 1 fully saturated rings. The molecule has 1 saturated heterocycles. The van der Waals surface area contributed by atoms with Gasteiger partial charge in [0.15, 0.2) is 10.8 Å². The van der Waals surface area contributed by atoms with Crippen LogP contribution in [0.4, 0.5) is 5.13 Å². The first kappa shape index (κ1) is 23.2. The maximum atomic E-state index is 12.7. The summed E-state index contributed by atoms with van der Waals surface area (Å²) in [4.78, 5) is 57.0. The van der Waals surface area contributed by atoms with Crippen molar-refractivity contribution in [3.05, 3.63) is 47.0 Å². The van der Waals surface area contributed by atoms with E-state index in [2.05, 4.69) is 26.1 Å². The highest BCUT2D eigenvalue weighted by atomic mass is 35.5. The molecule has 32 heavy (non-hydrogen) atoms. The molecular weight excluding hydrogens is 462 g/mol. The molecule has 1 aliphatic rings. The van der Waals surface area contributed by atoms with Gasteiger partial charge in [-0.25, -0.2) is 9.78 Å². The molecule has 3 rings (SSSR count). The summed E-state index contributed by atoms with van der Waals surface area (Å²) in [6.07, 6.45) is 0. The normalized spacial score (nSPS) is 17.6. The molecule has 0 spiro atoms. The average molecular weight is 480 g/mol. The van der Waals surface area contributed by atoms with E-state index in [0.717, 1.165) is 11.3 Å². The quantitative estimate of drug-likeness (QED) is 0.156. The predicted octanol–water partition coefficient (Wildman–Crippen LogP) is 0.511. The first-order valence-electron chi connectivity index (χ1n) is 9.19. The van der Waals surface area contributed by atoms with Crippen molar-refractivity contribution < 1.29 is 28.8 Å². The van der Waals surface area contributed by atoms with Crippen molar-refractivity contribution in [3.8, 4) is 0 Å². The highest BCUT2D eigenvalue weighted by molar-refractivity contribution is 7.14. The van der Waals surface area contributed by atoms with Gasteiger partial charge in [-0.1, -0.05) is 23.4 Å². The smallest absolute Gasteiger partial charge is 0.338 e. The van der Waals surface area contributed by atoms with Crippen molar-refractivity contribution in [3.63, 3.8) is 0 Å². The summed E-state index contributed by atoms with van der Waals surface area (Å²) in [5, 5.41) is 12.9. The van der Waals surface area contributed by atoms with E-state index in [1.807, 2.05) is 0 Å². The lowest BCUT2D eigenvalue weighted by molar-refractivity contribution is -0.135.